The van der Waals surface area contributed by atoms with Crippen molar-refractivity contribution in [1.82, 2.24) is 24.5 Å². The van der Waals surface area contributed by atoms with Crippen LogP contribution >= 0.6 is 11.6 Å². The summed E-state index contributed by atoms with van der Waals surface area (Å²) in [5.74, 6) is 6.62. The highest BCUT2D eigenvalue weighted by Gasteiger charge is 2.16. The SMILES string of the molecule is CC(C)OC(=O)c1ccc(C#Cc2c(N)ncnc2NCCc2nc3cccc(Cl)c3c(=O)n2-c2ccccc2)nc1. The van der Waals surface area contributed by atoms with Gasteiger partial charge in [0.25, 0.3) is 5.56 Å². The Hall–Kier alpha value is -5.27. The highest BCUT2D eigenvalue weighted by Crippen LogP contribution is 2.21. The highest BCUT2D eigenvalue weighted by molar-refractivity contribution is 6.35. The van der Waals surface area contributed by atoms with E-state index in [-0.39, 0.29) is 17.5 Å². The number of anilines is 2. The van der Waals surface area contributed by atoms with E-state index in [1.807, 2.05) is 30.3 Å². The van der Waals surface area contributed by atoms with Crippen molar-refractivity contribution >= 4 is 40.1 Å². The fourth-order valence-electron chi connectivity index (χ4n) is 4.19. The zero-order valence-electron chi connectivity index (χ0n) is 22.8. The van der Waals surface area contributed by atoms with Crippen LogP contribution in [0.25, 0.3) is 16.6 Å². The molecule has 0 atom stereocenters. The molecule has 3 heterocycles. The van der Waals surface area contributed by atoms with Crippen LogP contribution in [0.4, 0.5) is 11.6 Å². The predicted octanol–water partition coefficient (Wildman–Crippen LogP) is 4.43. The molecule has 0 saturated carbocycles. The summed E-state index contributed by atoms with van der Waals surface area (Å²) in [6.45, 7) is 3.92. The van der Waals surface area contributed by atoms with Crippen molar-refractivity contribution in [2.24, 2.45) is 0 Å². The summed E-state index contributed by atoms with van der Waals surface area (Å²) in [4.78, 5) is 43.0. The van der Waals surface area contributed by atoms with E-state index in [0.29, 0.717) is 63.0 Å². The number of aromatic nitrogens is 5. The highest BCUT2D eigenvalue weighted by atomic mass is 35.5. The molecule has 0 bridgehead atoms. The van der Waals surface area contributed by atoms with Crippen molar-refractivity contribution < 1.29 is 9.53 Å². The van der Waals surface area contributed by atoms with Gasteiger partial charge in [0.05, 0.1) is 33.3 Å². The van der Waals surface area contributed by atoms with Crippen molar-refractivity contribution in [3.05, 3.63) is 111 Å². The number of nitrogen functional groups attached to an aromatic ring is 1. The molecule has 0 spiro atoms. The molecule has 0 amide bonds. The number of rotatable bonds is 7. The summed E-state index contributed by atoms with van der Waals surface area (Å²) in [5, 5.41) is 3.95. The van der Waals surface area contributed by atoms with Crippen molar-refractivity contribution in [3.63, 3.8) is 0 Å². The number of para-hydroxylation sites is 1. The van der Waals surface area contributed by atoms with E-state index in [1.165, 1.54) is 12.5 Å². The maximum absolute atomic E-state index is 13.6. The van der Waals surface area contributed by atoms with Gasteiger partial charge in [-0.2, -0.15) is 0 Å². The molecule has 210 valence electrons. The van der Waals surface area contributed by atoms with Crippen LogP contribution in [0, 0.1) is 11.8 Å². The molecule has 0 saturated heterocycles. The number of nitrogens with two attached hydrogens (primary N) is 1. The Balaban J connectivity index is 1.39. The van der Waals surface area contributed by atoms with Gasteiger partial charge in [0, 0.05) is 19.2 Å². The number of ether oxygens (including phenoxy) is 1. The number of pyridine rings is 1. The quantitative estimate of drug-likeness (QED) is 0.212. The Morgan fingerprint density at radius 1 is 1.05 bits per heavy atom. The monoisotopic (exact) mass is 579 g/mol. The summed E-state index contributed by atoms with van der Waals surface area (Å²) in [6, 6.07) is 17.7. The molecular weight excluding hydrogens is 554 g/mol. The number of carbonyl (C=O) groups is 1. The van der Waals surface area contributed by atoms with Gasteiger partial charge in [0.2, 0.25) is 0 Å². The number of benzene rings is 2. The van der Waals surface area contributed by atoms with E-state index in [4.69, 9.17) is 27.1 Å². The second kappa shape index (κ2) is 12.5. The summed E-state index contributed by atoms with van der Waals surface area (Å²) in [5.41, 5.74) is 8.23. The summed E-state index contributed by atoms with van der Waals surface area (Å²) >= 11 is 6.37. The van der Waals surface area contributed by atoms with Gasteiger partial charge < -0.3 is 15.8 Å². The lowest BCUT2D eigenvalue weighted by Crippen LogP contribution is -2.25. The van der Waals surface area contributed by atoms with E-state index >= 15 is 0 Å². The third-order valence-corrected chi connectivity index (χ3v) is 6.42. The van der Waals surface area contributed by atoms with Crippen molar-refractivity contribution in [1.29, 1.82) is 0 Å². The molecular formula is C31H26ClN7O3. The van der Waals surface area contributed by atoms with Crippen LogP contribution in [0.2, 0.25) is 5.02 Å². The normalized spacial score (nSPS) is 10.8. The Kier molecular flexibility index (Phi) is 8.41. The largest absolute Gasteiger partial charge is 0.459 e. The zero-order valence-corrected chi connectivity index (χ0v) is 23.6. The summed E-state index contributed by atoms with van der Waals surface area (Å²) in [7, 11) is 0. The fraction of sp³-hybridized carbons (Fsp3) is 0.161. The molecule has 11 heteroatoms. The van der Waals surface area contributed by atoms with Crippen LogP contribution < -0.4 is 16.6 Å². The van der Waals surface area contributed by atoms with Crippen molar-refractivity contribution in [3.8, 4) is 17.5 Å². The molecule has 3 N–H and O–H groups in total. The third kappa shape index (κ3) is 6.22. The van der Waals surface area contributed by atoms with Crippen LogP contribution in [0.5, 0.6) is 0 Å². The number of esters is 1. The minimum atomic E-state index is -0.453. The fourth-order valence-corrected chi connectivity index (χ4v) is 4.44. The van der Waals surface area contributed by atoms with Crippen LogP contribution in [-0.4, -0.2) is 43.1 Å². The molecule has 3 aromatic heterocycles. The Labute approximate surface area is 246 Å². The molecule has 0 radical (unpaired) electrons. The molecule has 0 aliphatic carbocycles. The Bertz CT molecular complexity index is 1880. The minimum Gasteiger partial charge on any atom is -0.459 e. The third-order valence-electron chi connectivity index (χ3n) is 6.11. The van der Waals surface area contributed by atoms with Crippen LogP contribution in [0.3, 0.4) is 0 Å². The molecule has 0 fully saturated rings. The second-order valence-corrected chi connectivity index (χ2v) is 9.84. The molecule has 0 aliphatic rings. The Morgan fingerprint density at radius 3 is 2.60 bits per heavy atom. The van der Waals surface area contributed by atoms with Crippen LogP contribution in [0.15, 0.2) is 78.0 Å². The first-order chi connectivity index (χ1) is 20.3. The van der Waals surface area contributed by atoms with Gasteiger partial charge >= 0.3 is 5.97 Å². The van der Waals surface area contributed by atoms with E-state index in [2.05, 4.69) is 32.1 Å². The van der Waals surface area contributed by atoms with Gasteiger partial charge in [-0.15, -0.1) is 0 Å². The predicted molar refractivity (Wildman–Crippen MR) is 162 cm³/mol. The maximum atomic E-state index is 13.6. The number of fused-ring (bicyclic) bond motifs is 1. The number of hydrogen-bond donors (Lipinski definition) is 2. The molecule has 5 rings (SSSR count). The van der Waals surface area contributed by atoms with Crippen LogP contribution in [-0.2, 0) is 11.2 Å². The first-order valence-corrected chi connectivity index (χ1v) is 13.5. The van der Waals surface area contributed by atoms with Gasteiger partial charge in [-0.3, -0.25) is 9.36 Å². The molecule has 42 heavy (non-hydrogen) atoms. The average Bonchev–Trinajstić information content (AvgIpc) is 2.97. The maximum Gasteiger partial charge on any atom is 0.339 e. The zero-order chi connectivity index (χ0) is 29.6. The summed E-state index contributed by atoms with van der Waals surface area (Å²) in [6.07, 6.45) is 2.89. The molecule has 5 aromatic rings. The van der Waals surface area contributed by atoms with Gasteiger partial charge in [-0.25, -0.2) is 24.7 Å². The first kappa shape index (κ1) is 28.3. The van der Waals surface area contributed by atoms with Crippen molar-refractivity contribution in [2.75, 3.05) is 17.6 Å². The van der Waals surface area contributed by atoms with Gasteiger partial charge in [-0.1, -0.05) is 41.8 Å². The molecule has 2 aromatic carbocycles. The van der Waals surface area contributed by atoms with E-state index in [0.717, 1.165) is 0 Å². The molecule has 0 aliphatic heterocycles. The van der Waals surface area contributed by atoms with Gasteiger partial charge in [0.1, 0.15) is 35.0 Å². The minimum absolute atomic E-state index is 0.191. The lowest BCUT2D eigenvalue weighted by Gasteiger charge is -2.15. The van der Waals surface area contributed by atoms with E-state index in [1.54, 1.807) is 48.7 Å². The van der Waals surface area contributed by atoms with E-state index in [9.17, 15) is 9.59 Å². The van der Waals surface area contributed by atoms with Gasteiger partial charge in [0.15, 0.2) is 0 Å². The van der Waals surface area contributed by atoms with Crippen LogP contribution in [0.1, 0.15) is 41.3 Å². The lowest BCUT2D eigenvalue weighted by molar-refractivity contribution is 0.0377. The number of nitrogens with one attached hydrogen (secondary N) is 1. The number of nitrogens with zero attached hydrogens (tertiary/aromatic N) is 5. The summed E-state index contributed by atoms with van der Waals surface area (Å²) < 4.78 is 6.75. The molecule has 10 nitrogen and oxygen atoms in total. The number of halogens is 1. The lowest BCUT2D eigenvalue weighted by atomic mass is 10.2. The first-order valence-electron chi connectivity index (χ1n) is 13.1. The molecule has 0 unspecified atom stereocenters. The topological polar surface area (TPSA) is 138 Å². The second-order valence-electron chi connectivity index (χ2n) is 9.43. The standard InChI is InChI=1S/C31H26ClN7O3/c1-19(2)42-31(41)20-11-12-21(35-17-20)13-14-23-28(33)36-18-37-29(23)34-16-15-26-38-25-10-6-9-24(32)27(25)30(40)39(26)22-7-4-3-5-8-22/h3-12,17-19H,15-16H2,1-2H3,(H3,33,34,36,37). The van der Waals surface area contributed by atoms with Gasteiger partial charge in [-0.05, 0) is 56.2 Å². The Morgan fingerprint density at radius 2 is 1.86 bits per heavy atom. The number of hydrogen-bond acceptors (Lipinski definition) is 9. The van der Waals surface area contributed by atoms with Crippen molar-refractivity contribution in [2.45, 2.75) is 26.4 Å². The number of carbonyl (C=O) groups excluding carboxylic acids is 1. The average molecular weight is 580 g/mol. The smallest absolute Gasteiger partial charge is 0.339 e. The van der Waals surface area contributed by atoms with E-state index < -0.39 is 5.97 Å².